The van der Waals surface area contributed by atoms with E-state index in [1.165, 1.54) is 18.1 Å². The van der Waals surface area contributed by atoms with Crippen LogP contribution in [-0.2, 0) is 27.2 Å². The van der Waals surface area contributed by atoms with Gasteiger partial charge in [0, 0.05) is 31.8 Å². The summed E-state index contributed by atoms with van der Waals surface area (Å²) < 4.78 is 11.3. The Labute approximate surface area is 213 Å². The fourth-order valence-electron chi connectivity index (χ4n) is 3.64. The smallest absolute Gasteiger partial charge is 0.414 e. The summed E-state index contributed by atoms with van der Waals surface area (Å²) in [6.45, 7) is 3.40. The maximum atomic E-state index is 13.3. The molecular weight excluding hydrogens is 494 g/mol. The molecule has 0 radical (unpaired) electrons. The van der Waals surface area contributed by atoms with E-state index in [0.29, 0.717) is 10.0 Å². The zero-order chi connectivity index (χ0) is 25.4. The SMILES string of the molecule is CN1CCc2ccc(NC(=O)[C@@](C)(COCCCC(=O)O)NC(=O)Oc3ccc(Cl)s3)cc2CC1. The van der Waals surface area contributed by atoms with Crippen LogP contribution >= 0.6 is 22.9 Å². The van der Waals surface area contributed by atoms with Crippen LogP contribution in [0, 0.1) is 0 Å². The van der Waals surface area contributed by atoms with Crippen molar-refractivity contribution in [1.82, 2.24) is 10.2 Å². The van der Waals surface area contributed by atoms with E-state index in [9.17, 15) is 14.4 Å². The fourth-order valence-corrected chi connectivity index (χ4v) is 4.51. The highest BCUT2D eigenvalue weighted by molar-refractivity contribution is 7.17. The van der Waals surface area contributed by atoms with Gasteiger partial charge >= 0.3 is 12.1 Å². The lowest BCUT2D eigenvalue weighted by molar-refractivity contribution is -0.137. The van der Waals surface area contributed by atoms with Gasteiger partial charge in [-0.2, -0.15) is 0 Å². The Bertz CT molecular complexity index is 1060. The third-order valence-corrected chi connectivity index (χ3v) is 6.79. The number of rotatable bonds is 10. The third-order valence-electron chi connectivity index (χ3n) is 5.68. The number of halogens is 1. The number of carboxylic acids is 1. The molecule has 1 aliphatic heterocycles. The number of hydrogen-bond donors (Lipinski definition) is 3. The Balaban J connectivity index is 1.69. The largest absolute Gasteiger partial charge is 0.481 e. The second-order valence-electron chi connectivity index (χ2n) is 8.70. The molecule has 3 N–H and O–H groups in total. The van der Waals surface area contributed by atoms with Gasteiger partial charge in [-0.1, -0.05) is 29.0 Å². The third kappa shape index (κ3) is 8.21. The molecule has 0 saturated carbocycles. The normalized spacial score (nSPS) is 15.4. The Hall–Kier alpha value is -2.66. The summed E-state index contributed by atoms with van der Waals surface area (Å²) in [5, 5.41) is 14.6. The molecule has 2 aromatic rings. The first-order valence-corrected chi connectivity index (χ1v) is 12.5. The number of nitrogens with zero attached hydrogens (tertiary/aromatic N) is 1. The number of carboxylic acid groups (broad SMARTS) is 1. The van der Waals surface area contributed by atoms with Crippen LogP contribution in [0.5, 0.6) is 5.06 Å². The van der Waals surface area contributed by atoms with Gasteiger partial charge in [-0.3, -0.25) is 9.59 Å². The number of fused-ring (bicyclic) bond motifs is 1. The number of anilines is 1. The van der Waals surface area contributed by atoms with Gasteiger partial charge in [0.2, 0.25) is 0 Å². The molecule has 1 atom stereocenters. The van der Waals surface area contributed by atoms with Gasteiger partial charge in [-0.25, -0.2) is 4.79 Å². The molecule has 11 heteroatoms. The van der Waals surface area contributed by atoms with Crippen molar-refractivity contribution in [2.45, 2.75) is 38.1 Å². The molecule has 0 unspecified atom stereocenters. The summed E-state index contributed by atoms with van der Waals surface area (Å²) in [6, 6.07) is 8.99. The van der Waals surface area contributed by atoms with E-state index in [-0.39, 0.29) is 31.1 Å². The summed E-state index contributed by atoms with van der Waals surface area (Å²) in [4.78, 5) is 38.8. The van der Waals surface area contributed by atoms with Gasteiger partial charge in [-0.15, -0.1) is 0 Å². The highest BCUT2D eigenvalue weighted by atomic mass is 35.5. The number of aliphatic carboxylic acids is 1. The monoisotopic (exact) mass is 523 g/mol. The van der Waals surface area contributed by atoms with Crippen LogP contribution < -0.4 is 15.4 Å². The Kier molecular flexibility index (Phi) is 9.50. The number of amides is 2. The molecule has 0 fully saturated rings. The molecule has 3 rings (SSSR count). The number of carbonyl (C=O) groups excluding carboxylic acids is 2. The molecule has 1 aliphatic rings. The quantitative estimate of drug-likeness (QED) is 0.405. The number of hydrogen-bond acceptors (Lipinski definition) is 7. The van der Waals surface area contributed by atoms with Crippen LogP contribution in [0.15, 0.2) is 30.3 Å². The minimum absolute atomic E-state index is 0.0537. The van der Waals surface area contributed by atoms with Gasteiger partial charge in [-0.05, 0) is 68.6 Å². The second kappa shape index (κ2) is 12.3. The van der Waals surface area contributed by atoms with Gasteiger partial charge in [0.15, 0.2) is 5.06 Å². The van der Waals surface area contributed by atoms with Crippen LogP contribution in [0.4, 0.5) is 10.5 Å². The van der Waals surface area contributed by atoms with E-state index in [4.69, 9.17) is 26.2 Å². The molecule has 35 heavy (non-hydrogen) atoms. The summed E-state index contributed by atoms with van der Waals surface area (Å²) in [7, 11) is 2.09. The lowest BCUT2D eigenvalue weighted by Gasteiger charge is -2.29. The van der Waals surface area contributed by atoms with Crippen molar-refractivity contribution in [2.75, 3.05) is 38.7 Å². The number of benzene rings is 1. The average molecular weight is 524 g/mol. The molecule has 1 aromatic carbocycles. The van der Waals surface area contributed by atoms with Crippen molar-refractivity contribution in [1.29, 1.82) is 0 Å². The zero-order valence-corrected chi connectivity index (χ0v) is 21.3. The second-order valence-corrected chi connectivity index (χ2v) is 10.4. The van der Waals surface area contributed by atoms with Gasteiger partial charge in [0.25, 0.3) is 5.91 Å². The molecule has 0 saturated heterocycles. The van der Waals surface area contributed by atoms with Crippen LogP contribution in [0.2, 0.25) is 4.34 Å². The summed E-state index contributed by atoms with van der Waals surface area (Å²) in [6.07, 6.45) is 1.22. The first-order chi connectivity index (χ1) is 16.6. The molecule has 2 amide bonds. The first kappa shape index (κ1) is 26.9. The van der Waals surface area contributed by atoms with Crippen molar-refractivity contribution >= 4 is 46.6 Å². The minimum Gasteiger partial charge on any atom is -0.481 e. The predicted molar refractivity (Wildman–Crippen MR) is 135 cm³/mol. The summed E-state index contributed by atoms with van der Waals surface area (Å²) in [5.74, 6) is -1.41. The van der Waals surface area contributed by atoms with Crippen molar-refractivity contribution in [3.05, 3.63) is 45.8 Å². The van der Waals surface area contributed by atoms with E-state index in [0.717, 1.165) is 37.3 Å². The van der Waals surface area contributed by atoms with Gasteiger partial charge in [0.05, 0.1) is 10.9 Å². The highest BCUT2D eigenvalue weighted by Crippen LogP contribution is 2.28. The van der Waals surface area contributed by atoms with Crippen LogP contribution in [-0.4, -0.2) is 66.9 Å². The standard InChI is InChI=1S/C24H30ClN3O6S/c1-24(15-33-13-3-4-20(29)30,27-23(32)34-21-8-7-19(25)35-21)22(31)26-18-6-5-16-9-11-28(2)12-10-17(16)14-18/h5-8,14H,3-4,9-13,15H2,1-2H3,(H,26,31)(H,27,32)(H,29,30)/t24-/m1/s1. The number of carbonyl (C=O) groups is 3. The van der Waals surface area contributed by atoms with E-state index < -0.39 is 23.5 Å². The molecule has 0 spiro atoms. The van der Waals surface area contributed by atoms with Crippen LogP contribution in [0.3, 0.4) is 0 Å². The fraction of sp³-hybridized carbons (Fsp3) is 0.458. The molecule has 1 aromatic heterocycles. The predicted octanol–water partition coefficient (Wildman–Crippen LogP) is 3.80. The Morgan fingerprint density at radius 1 is 1.17 bits per heavy atom. The van der Waals surface area contributed by atoms with E-state index in [1.807, 2.05) is 18.2 Å². The lowest BCUT2D eigenvalue weighted by Crippen LogP contribution is -2.58. The Morgan fingerprint density at radius 3 is 2.60 bits per heavy atom. The summed E-state index contributed by atoms with van der Waals surface area (Å²) in [5.41, 5.74) is 1.58. The molecule has 0 bridgehead atoms. The molecule has 190 valence electrons. The molecular formula is C24H30ClN3O6S. The minimum atomic E-state index is -1.48. The van der Waals surface area contributed by atoms with Gasteiger partial charge in [0.1, 0.15) is 5.54 Å². The lowest BCUT2D eigenvalue weighted by atomic mass is 10.0. The average Bonchev–Trinajstić information content (AvgIpc) is 3.10. The van der Waals surface area contributed by atoms with Crippen molar-refractivity contribution < 1.29 is 29.0 Å². The number of nitrogens with one attached hydrogen (secondary N) is 2. The first-order valence-electron chi connectivity index (χ1n) is 11.3. The van der Waals surface area contributed by atoms with E-state index in [2.05, 4.69) is 22.6 Å². The van der Waals surface area contributed by atoms with Crippen LogP contribution in [0.25, 0.3) is 0 Å². The number of ether oxygens (including phenoxy) is 2. The van der Waals surface area contributed by atoms with Crippen molar-refractivity contribution in [3.8, 4) is 5.06 Å². The topological polar surface area (TPSA) is 117 Å². The molecule has 2 heterocycles. The van der Waals surface area contributed by atoms with Crippen LogP contribution in [0.1, 0.15) is 30.9 Å². The summed E-state index contributed by atoms with van der Waals surface area (Å²) >= 11 is 6.97. The highest BCUT2D eigenvalue weighted by Gasteiger charge is 2.36. The maximum absolute atomic E-state index is 13.3. The number of thiophene rings is 1. The number of likely N-dealkylation sites (N-methyl/N-ethyl adjacent to an activating group) is 1. The maximum Gasteiger partial charge on any atom is 0.414 e. The van der Waals surface area contributed by atoms with E-state index >= 15 is 0 Å². The molecule has 9 nitrogen and oxygen atoms in total. The van der Waals surface area contributed by atoms with Crippen molar-refractivity contribution in [3.63, 3.8) is 0 Å². The van der Waals surface area contributed by atoms with E-state index in [1.54, 1.807) is 12.1 Å². The Morgan fingerprint density at radius 2 is 1.91 bits per heavy atom. The molecule has 0 aliphatic carbocycles. The zero-order valence-electron chi connectivity index (χ0n) is 19.8. The van der Waals surface area contributed by atoms with Gasteiger partial charge < -0.3 is 30.1 Å². The van der Waals surface area contributed by atoms with Crippen molar-refractivity contribution in [2.24, 2.45) is 0 Å².